The van der Waals surface area contributed by atoms with Gasteiger partial charge in [0.2, 0.25) is 0 Å². The third-order valence-corrected chi connectivity index (χ3v) is 5.07. The number of fused-ring (bicyclic) bond motifs is 2. The average molecular weight is 236 g/mol. The molecule has 0 spiro atoms. The molecule has 0 radical (unpaired) electrons. The van der Waals surface area contributed by atoms with Crippen molar-refractivity contribution < 1.29 is 0 Å². The van der Waals surface area contributed by atoms with Gasteiger partial charge in [-0.3, -0.25) is 0 Å². The first kappa shape index (κ1) is 7.66. The Morgan fingerprint density at radius 3 is 3.23 bits per heavy atom. The van der Waals surface area contributed by atoms with Crippen LogP contribution in [0.25, 0.3) is 11.8 Å². The first-order valence-electron chi connectivity index (χ1n) is 4.60. The van der Waals surface area contributed by atoms with Crippen LogP contribution in [0.5, 0.6) is 0 Å². The molecule has 0 amide bonds. The molecule has 2 aliphatic rings. The van der Waals surface area contributed by atoms with Crippen molar-refractivity contribution in [3.8, 4) is 0 Å². The first-order valence-corrected chi connectivity index (χ1v) is 6.80. The maximum absolute atomic E-state index is 3.54. The van der Waals surface area contributed by atoms with E-state index in [0.29, 0.717) is 0 Å². The summed E-state index contributed by atoms with van der Waals surface area (Å²) in [7, 11) is 0. The van der Waals surface area contributed by atoms with Gasteiger partial charge in [0, 0.05) is 0 Å². The van der Waals surface area contributed by atoms with E-state index in [1.54, 1.807) is 0 Å². The van der Waals surface area contributed by atoms with Crippen molar-refractivity contribution in [1.82, 2.24) is 5.32 Å². The third kappa shape index (κ3) is 1.13. The number of benzene rings is 1. The summed E-state index contributed by atoms with van der Waals surface area (Å²) in [5, 5.41) is 6.40. The second-order valence-electron chi connectivity index (χ2n) is 3.42. The van der Waals surface area contributed by atoms with Gasteiger partial charge in [-0.25, -0.2) is 0 Å². The van der Waals surface area contributed by atoms with Gasteiger partial charge in [-0.15, -0.1) is 0 Å². The number of hydrogen-bond acceptors (Lipinski definition) is 1. The van der Waals surface area contributed by atoms with Gasteiger partial charge in [0.15, 0.2) is 0 Å². The summed E-state index contributed by atoms with van der Waals surface area (Å²) in [5.41, 5.74) is 2.73. The Balaban J connectivity index is 2.38. The van der Waals surface area contributed by atoms with Gasteiger partial charge >= 0.3 is 83.4 Å². The van der Waals surface area contributed by atoms with Crippen LogP contribution in [0.15, 0.2) is 24.3 Å². The standard InChI is InChI=1S/C11H11NSe/c1-2-4-9-8(3-1)5-6-10-11(9)12-7-13-10/h1-5,10,12H,6-7H2. The predicted molar refractivity (Wildman–Crippen MR) is 55.7 cm³/mol. The van der Waals surface area contributed by atoms with Crippen molar-refractivity contribution in [2.75, 3.05) is 5.44 Å². The predicted octanol–water partition coefficient (Wildman–Crippen LogP) is 0.0324. The Kier molecular flexibility index (Phi) is 1.71. The zero-order chi connectivity index (χ0) is 8.67. The summed E-state index contributed by atoms with van der Waals surface area (Å²) in [6, 6.07) is 8.71. The summed E-state index contributed by atoms with van der Waals surface area (Å²) in [6.45, 7) is 0. The van der Waals surface area contributed by atoms with Crippen LogP contribution in [0.1, 0.15) is 6.42 Å². The Morgan fingerprint density at radius 1 is 1.31 bits per heavy atom. The topological polar surface area (TPSA) is 12.0 Å². The fourth-order valence-corrected chi connectivity index (χ4v) is 4.23. The normalized spacial score (nSPS) is 24.3. The van der Waals surface area contributed by atoms with Crippen LogP contribution in [0.3, 0.4) is 0 Å². The van der Waals surface area contributed by atoms with E-state index in [0.717, 1.165) is 19.8 Å². The summed E-state index contributed by atoms with van der Waals surface area (Å²) < 4.78 is 0. The van der Waals surface area contributed by atoms with Crippen LogP contribution < -0.4 is 15.8 Å². The number of nitrogens with one attached hydrogen (secondary N) is 1. The van der Waals surface area contributed by atoms with Crippen molar-refractivity contribution in [2.24, 2.45) is 0 Å². The fraction of sp³-hybridized carbons (Fsp3) is 0.273. The fourth-order valence-electron chi connectivity index (χ4n) is 2.03. The zero-order valence-corrected chi connectivity index (χ0v) is 9.00. The Morgan fingerprint density at radius 2 is 2.23 bits per heavy atom. The summed E-state index contributed by atoms with van der Waals surface area (Å²) in [4.78, 5) is 0.836. The van der Waals surface area contributed by atoms with Crippen LogP contribution in [0, 0.1) is 0 Å². The van der Waals surface area contributed by atoms with E-state index >= 15 is 0 Å². The van der Waals surface area contributed by atoms with Gasteiger partial charge in [0.25, 0.3) is 0 Å². The van der Waals surface area contributed by atoms with Crippen molar-refractivity contribution in [3.63, 3.8) is 0 Å². The van der Waals surface area contributed by atoms with Gasteiger partial charge < -0.3 is 0 Å². The summed E-state index contributed by atoms with van der Waals surface area (Å²) >= 11 is 0.777. The molecule has 1 unspecified atom stereocenters. The van der Waals surface area contributed by atoms with Gasteiger partial charge in [-0.05, 0) is 0 Å². The molecule has 1 aliphatic carbocycles. The van der Waals surface area contributed by atoms with Crippen molar-refractivity contribution in [3.05, 3.63) is 34.7 Å². The molecule has 0 aromatic heterocycles. The molecule has 1 aromatic rings. The molecule has 3 rings (SSSR count). The number of rotatable bonds is 0. The quantitative estimate of drug-likeness (QED) is 0.627. The van der Waals surface area contributed by atoms with Gasteiger partial charge in [0.1, 0.15) is 0 Å². The van der Waals surface area contributed by atoms with E-state index in [9.17, 15) is 0 Å². The third-order valence-electron chi connectivity index (χ3n) is 2.67. The second-order valence-corrected chi connectivity index (χ2v) is 5.92. The Labute approximate surface area is 83.7 Å². The van der Waals surface area contributed by atoms with Crippen LogP contribution in [0.4, 0.5) is 0 Å². The van der Waals surface area contributed by atoms with Crippen LogP contribution in [0.2, 0.25) is 4.82 Å². The zero-order valence-electron chi connectivity index (χ0n) is 7.29. The van der Waals surface area contributed by atoms with Gasteiger partial charge in [0.05, 0.1) is 0 Å². The van der Waals surface area contributed by atoms with Crippen LogP contribution in [-0.2, 0) is 0 Å². The Bertz CT molecular complexity index is 449. The van der Waals surface area contributed by atoms with Crippen molar-refractivity contribution in [1.29, 1.82) is 0 Å². The van der Waals surface area contributed by atoms with Gasteiger partial charge in [-0.2, -0.15) is 0 Å². The molecule has 1 nitrogen and oxygen atoms in total. The van der Waals surface area contributed by atoms with Crippen LogP contribution in [-0.4, -0.2) is 20.4 Å². The molecule has 0 saturated carbocycles. The molecule has 0 bridgehead atoms. The maximum atomic E-state index is 3.54. The van der Waals surface area contributed by atoms with Crippen molar-refractivity contribution in [2.45, 2.75) is 11.2 Å². The molecule has 1 aliphatic heterocycles. The summed E-state index contributed by atoms with van der Waals surface area (Å²) in [6.07, 6.45) is 3.64. The van der Waals surface area contributed by atoms with Crippen LogP contribution >= 0.6 is 0 Å². The van der Waals surface area contributed by atoms with Gasteiger partial charge in [-0.1, -0.05) is 0 Å². The monoisotopic (exact) mass is 237 g/mol. The molecule has 1 N–H and O–H groups in total. The molecule has 1 atom stereocenters. The van der Waals surface area contributed by atoms with E-state index in [2.05, 4.69) is 35.7 Å². The SMILES string of the molecule is C1=c2ccccc2=C2NC[Se]C2C1. The first-order chi connectivity index (χ1) is 6.45. The summed E-state index contributed by atoms with van der Waals surface area (Å²) in [5.74, 6) is 0. The Hall–Kier alpha value is -0.721. The van der Waals surface area contributed by atoms with E-state index in [4.69, 9.17) is 0 Å². The molecule has 1 saturated heterocycles. The molecule has 66 valence electrons. The van der Waals surface area contributed by atoms with Crippen molar-refractivity contribution >= 4 is 26.7 Å². The molecular formula is C11H11NSe. The minimum absolute atomic E-state index is 0.777. The molecule has 1 aromatic carbocycles. The van der Waals surface area contributed by atoms with E-state index in [1.807, 2.05) is 0 Å². The molecule has 13 heavy (non-hydrogen) atoms. The number of hydrogen-bond donors (Lipinski definition) is 1. The molecule has 1 heterocycles. The molecule has 1 fully saturated rings. The average Bonchev–Trinajstić information content (AvgIpc) is 2.65. The second kappa shape index (κ2) is 2.90. The molecule has 2 heteroatoms. The van der Waals surface area contributed by atoms with E-state index < -0.39 is 0 Å². The van der Waals surface area contributed by atoms with E-state index in [1.165, 1.54) is 28.0 Å². The van der Waals surface area contributed by atoms with E-state index in [-0.39, 0.29) is 0 Å². The minimum atomic E-state index is 0.777. The molecular weight excluding hydrogens is 225 g/mol.